The quantitative estimate of drug-likeness (QED) is 0.599. The van der Waals surface area contributed by atoms with Crippen LogP contribution in [0.4, 0.5) is 21.3 Å². The Hall–Kier alpha value is -3.13. The van der Waals surface area contributed by atoms with E-state index in [0.717, 1.165) is 21.5 Å². The molecule has 27 heavy (non-hydrogen) atoms. The molecule has 0 radical (unpaired) electrons. The summed E-state index contributed by atoms with van der Waals surface area (Å²) < 4.78 is 6.27. The second-order valence-corrected chi connectivity index (χ2v) is 6.91. The van der Waals surface area contributed by atoms with Crippen molar-refractivity contribution in [1.29, 1.82) is 0 Å². The highest BCUT2D eigenvalue weighted by atomic mass is 32.1. The van der Waals surface area contributed by atoms with Gasteiger partial charge in [0.05, 0.1) is 16.8 Å². The molecule has 3 amide bonds. The molecule has 0 aliphatic rings. The maximum atomic E-state index is 12.3. The summed E-state index contributed by atoms with van der Waals surface area (Å²) in [5, 5.41) is 8.83. The molecule has 7 nitrogen and oxygen atoms in total. The van der Waals surface area contributed by atoms with Crippen LogP contribution in [0, 0.1) is 6.92 Å². The summed E-state index contributed by atoms with van der Waals surface area (Å²) in [5.41, 5.74) is 3.04. The second kappa shape index (κ2) is 8.05. The summed E-state index contributed by atoms with van der Waals surface area (Å²) >= 11 is 1.36. The lowest BCUT2D eigenvalue weighted by Gasteiger charge is -2.09. The van der Waals surface area contributed by atoms with Crippen molar-refractivity contribution in [1.82, 2.24) is 4.98 Å². The van der Waals surface area contributed by atoms with Gasteiger partial charge >= 0.3 is 6.03 Å². The molecule has 0 aliphatic carbocycles. The van der Waals surface area contributed by atoms with Crippen LogP contribution in [0.1, 0.15) is 19.4 Å². The molecule has 1 heterocycles. The van der Waals surface area contributed by atoms with Gasteiger partial charge in [-0.3, -0.25) is 4.79 Å². The number of aromatic nitrogens is 1. The Balaban J connectivity index is 1.71. The molecule has 3 rings (SSSR count). The van der Waals surface area contributed by atoms with Crippen LogP contribution in [0.3, 0.4) is 0 Å². The minimum absolute atomic E-state index is 0.167. The Morgan fingerprint density at radius 1 is 1.07 bits per heavy atom. The Kier molecular flexibility index (Phi) is 5.56. The van der Waals surface area contributed by atoms with Gasteiger partial charge in [-0.25, -0.2) is 9.78 Å². The summed E-state index contributed by atoms with van der Waals surface area (Å²) in [5.74, 6) is 0.587. The molecule has 0 atom stereocenters. The number of rotatable bonds is 5. The summed E-state index contributed by atoms with van der Waals surface area (Å²) in [7, 11) is 0. The first-order chi connectivity index (χ1) is 12.9. The normalized spacial score (nSPS) is 10.5. The first-order valence-corrected chi connectivity index (χ1v) is 9.26. The third-order valence-corrected chi connectivity index (χ3v) is 4.57. The highest BCUT2D eigenvalue weighted by Gasteiger charge is 2.11. The van der Waals surface area contributed by atoms with Crippen LogP contribution >= 0.6 is 11.3 Å². The molecule has 3 N–H and O–H groups in total. The number of ether oxygens (including phenoxy) is 1. The summed E-state index contributed by atoms with van der Waals surface area (Å²) in [4.78, 5) is 27.9. The number of carbonyl (C=O) groups excluding carboxylic acids is 2. The monoisotopic (exact) mass is 384 g/mol. The van der Waals surface area contributed by atoms with Gasteiger partial charge in [0, 0.05) is 18.3 Å². The zero-order chi connectivity index (χ0) is 19.4. The fourth-order valence-corrected chi connectivity index (χ4v) is 3.60. The van der Waals surface area contributed by atoms with E-state index in [1.165, 1.54) is 18.3 Å². The third-order valence-electron chi connectivity index (χ3n) is 3.65. The van der Waals surface area contributed by atoms with Gasteiger partial charge < -0.3 is 20.7 Å². The number of anilines is 3. The van der Waals surface area contributed by atoms with Crippen molar-refractivity contribution in [3.63, 3.8) is 0 Å². The van der Waals surface area contributed by atoms with E-state index in [9.17, 15) is 9.59 Å². The zero-order valence-corrected chi connectivity index (χ0v) is 16.1. The number of aryl methyl sites for hydroxylation is 1. The summed E-state index contributed by atoms with van der Waals surface area (Å²) in [6, 6.07) is 10.5. The van der Waals surface area contributed by atoms with Crippen molar-refractivity contribution in [3.8, 4) is 5.75 Å². The van der Waals surface area contributed by atoms with Crippen LogP contribution in [-0.4, -0.2) is 23.5 Å². The van der Waals surface area contributed by atoms with Crippen molar-refractivity contribution in [3.05, 3.63) is 42.0 Å². The molecule has 1 aromatic heterocycles. The van der Waals surface area contributed by atoms with E-state index >= 15 is 0 Å². The van der Waals surface area contributed by atoms with Crippen LogP contribution < -0.4 is 20.7 Å². The lowest BCUT2D eigenvalue weighted by atomic mass is 10.2. The van der Waals surface area contributed by atoms with Crippen molar-refractivity contribution in [2.24, 2.45) is 0 Å². The van der Waals surface area contributed by atoms with Gasteiger partial charge in [-0.1, -0.05) is 11.3 Å². The minimum Gasteiger partial charge on any atom is -0.494 e. The zero-order valence-electron chi connectivity index (χ0n) is 15.3. The van der Waals surface area contributed by atoms with Gasteiger partial charge in [0.1, 0.15) is 5.75 Å². The van der Waals surface area contributed by atoms with Gasteiger partial charge in [0.25, 0.3) is 0 Å². The highest BCUT2D eigenvalue weighted by molar-refractivity contribution is 7.22. The molecule has 0 spiro atoms. The fraction of sp³-hybridized carbons (Fsp3) is 0.211. The number of thiazole rings is 1. The lowest BCUT2D eigenvalue weighted by molar-refractivity contribution is -0.114. The first kappa shape index (κ1) is 18.7. The molecule has 0 saturated carbocycles. The minimum atomic E-state index is -0.343. The van der Waals surface area contributed by atoms with Crippen LogP contribution in [0.25, 0.3) is 10.2 Å². The molecule has 0 saturated heterocycles. The van der Waals surface area contributed by atoms with Crippen molar-refractivity contribution in [2.45, 2.75) is 20.8 Å². The van der Waals surface area contributed by atoms with Gasteiger partial charge in [0.15, 0.2) is 5.13 Å². The Morgan fingerprint density at radius 3 is 2.44 bits per heavy atom. The standard InChI is InChI=1S/C19H20N4O3S/c1-4-26-15-7-5-13(6-8-15)21-18(25)22-14-9-11(2)17-16(10-14)27-19(23-17)20-12(3)24/h5-10H,4H2,1-3H3,(H,20,23,24)(H2,21,22,25). The van der Waals surface area contributed by atoms with E-state index in [2.05, 4.69) is 20.9 Å². The van der Waals surface area contributed by atoms with Crippen molar-refractivity contribution >= 4 is 50.0 Å². The van der Waals surface area contributed by atoms with E-state index in [-0.39, 0.29) is 11.9 Å². The Labute approximate surface area is 160 Å². The molecule has 140 valence electrons. The number of nitrogens with zero attached hydrogens (tertiary/aromatic N) is 1. The number of fused-ring (bicyclic) bond motifs is 1. The van der Waals surface area contributed by atoms with E-state index in [1.54, 1.807) is 24.3 Å². The van der Waals surface area contributed by atoms with E-state index < -0.39 is 0 Å². The van der Waals surface area contributed by atoms with Gasteiger partial charge in [-0.15, -0.1) is 0 Å². The summed E-state index contributed by atoms with van der Waals surface area (Å²) in [6.45, 7) is 5.86. The third kappa shape index (κ3) is 4.73. The first-order valence-electron chi connectivity index (χ1n) is 8.44. The number of urea groups is 1. The van der Waals surface area contributed by atoms with Crippen LogP contribution in [-0.2, 0) is 4.79 Å². The maximum Gasteiger partial charge on any atom is 0.323 e. The molecule has 0 fully saturated rings. The number of amides is 3. The smallest absolute Gasteiger partial charge is 0.323 e. The highest BCUT2D eigenvalue weighted by Crippen LogP contribution is 2.31. The van der Waals surface area contributed by atoms with Crippen LogP contribution in [0.15, 0.2) is 36.4 Å². The molecule has 8 heteroatoms. The predicted octanol–water partition coefficient (Wildman–Crippen LogP) is 4.61. The van der Waals surface area contributed by atoms with E-state index in [1.807, 2.05) is 26.0 Å². The SMILES string of the molecule is CCOc1ccc(NC(=O)Nc2cc(C)c3nc(NC(C)=O)sc3c2)cc1. The molecule has 3 aromatic rings. The molecule has 0 bridgehead atoms. The van der Waals surface area contributed by atoms with Crippen LogP contribution in [0.5, 0.6) is 5.75 Å². The lowest BCUT2D eigenvalue weighted by Crippen LogP contribution is -2.19. The van der Waals surface area contributed by atoms with Gasteiger partial charge in [0.2, 0.25) is 5.91 Å². The molecular formula is C19H20N4O3S. The Morgan fingerprint density at radius 2 is 1.78 bits per heavy atom. The number of carbonyl (C=O) groups is 2. The van der Waals surface area contributed by atoms with Crippen molar-refractivity contribution < 1.29 is 14.3 Å². The Bertz CT molecular complexity index is 983. The molecular weight excluding hydrogens is 364 g/mol. The number of nitrogens with one attached hydrogen (secondary N) is 3. The second-order valence-electron chi connectivity index (χ2n) is 5.88. The number of hydrogen-bond donors (Lipinski definition) is 3. The largest absolute Gasteiger partial charge is 0.494 e. The van der Waals surface area contributed by atoms with Crippen LogP contribution in [0.2, 0.25) is 0 Å². The predicted molar refractivity (Wildman–Crippen MR) is 109 cm³/mol. The molecule has 0 aliphatic heterocycles. The average molecular weight is 384 g/mol. The van der Waals surface area contributed by atoms with Gasteiger partial charge in [-0.05, 0) is 55.8 Å². The molecule has 0 unspecified atom stereocenters. The van der Waals surface area contributed by atoms with E-state index in [4.69, 9.17) is 4.74 Å². The fourth-order valence-electron chi connectivity index (χ4n) is 2.57. The van der Waals surface area contributed by atoms with Crippen molar-refractivity contribution in [2.75, 3.05) is 22.6 Å². The van der Waals surface area contributed by atoms with Gasteiger partial charge in [-0.2, -0.15) is 0 Å². The average Bonchev–Trinajstić information content (AvgIpc) is 2.99. The molecule has 2 aromatic carbocycles. The number of hydrogen-bond acceptors (Lipinski definition) is 5. The summed E-state index contributed by atoms with van der Waals surface area (Å²) in [6.07, 6.45) is 0. The number of benzene rings is 2. The van der Waals surface area contributed by atoms with E-state index in [0.29, 0.717) is 23.1 Å². The maximum absolute atomic E-state index is 12.3. The topological polar surface area (TPSA) is 92.3 Å².